The van der Waals surface area contributed by atoms with Crippen molar-refractivity contribution in [3.63, 3.8) is 0 Å². The number of carbonyl (C=O) groups is 1. The van der Waals surface area contributed by atoms with Gasteiger partial charge in [-0.15, -0.1) is 0 Å². The number of nitrogens with zero attached hydrogens (tertiary/aromatic N) is 4. The van der Waals surface area contributed by atoms with Crippen molar-refractivity contribution in [2.24, 2.45) is 29.2 Å². The number of piperidine rings is 1. The second-order valence-electron chi connectivity index (χ2n) is 9.25. The summed E-state index contributed by atoms with van der Waals surface area (Å²) in [4.78, 5) is 33.0. The lowest BCUT2D eigenvalue weighted by molar-refractivity contribution is 0.204. The van der Waals surface area contributed by atoms with Crippen molar-refractivity contribution in [2.45, 2.75) is 12.6 Å². The van der Waals surface area contributed by atoms with Crippen LogP contribution in [0.4, 0.5) is 10.6 Å². The molecule has 1 aromatic heterocycles. The Balaban J connectivity index is 1.18. The Bertz CT molecular complexity index is 1040. The molecule has 0 radical (unpaired) electrons. The molecule has 2 amide bonds. The maximum atomic E-state index is 12.6. The van der Waals surface area contributed by atoms with Gasteiger partial charge in [0, 0.05) is 51.9 Å². The fourth-order valence-electron chi connectivity index (χ4n) is 5.19. The molecular weight excluding hydrogens is 420 g/mol. The predicted octanol–water partition coefficient (Wildman–Crippen LogP) is -0.367. The van der Waals surface area contributed by atoms with Crippen molar-refractivity contribution in [1.82, 2.24) is 24.7 Å². The van der Waals surface area contributed by atoms with Crippen LogP contribution in [0.3, 0.4) is 0 Å². The number of fused-ring (bicyclic) bond motifs is 1. The average molecular weight is 453 g/mol. The zero-order chi connectivity index (χ0) is 22.9. The van der Waals surface area contributed by atoms with Gasteiger partial charge in [-0.3, -0.25) is 14.8 Å². The van der Waals surface area contributed by atoms with E-state index in [1.807, 2.05) is 24.3 Å². The Labute approximate surface area is 192 Å². The van der Waals surface area contributed by atoms with Crippen LogP contribution in [0.25, 0.3) is 5.69 Å². The van der Waals surface area contributed by atoms with Crippen molar-refractivity contribution in [3.8, 4) is 5.69 Å². The number of nitrogens with one attached hydrogen (secondary N) is 2. The van der Waals surface area contributed by atoms with Crippen LogP contribution in [0.1, 0.15) is 5.56 Å². The summed E-state index contributed by atoms with van der Waals surface area (Å²) in [5, 5.41) is 5.91. The van der Waals surface area contributed by atoms with Crippen LogP contribution in [-0.4, -0.2) is 77.4 Å². The lowest BCUT2D eigenvalue weighted by Gasteiger charge is -2.27. The molecule has 1 aromatic carbocycles. The van der Waals surface area contributed by atoms with Crippen LogP contribution in [0.5, 0.6) is 0 Å². The van der Waals surface area contributed by atoms with Gasteiger partial charge in [-0.25, -0.2) is 9.59 Å². The topological polar surface area (TPSA) is 135 Å². The van der Waals surface area contributed by atoms with Gasteiger partial charge in [0.25, 0.3) is 0 Å². The molecule has 10 nitrogen and oxygen atoms in total. The summed E-state index contributed by atoms with van der Waals surface area (Å²) in [7, 11) is 0. The molecule has 0 bridgehead atoms. The molecule has 2 aliphatic heterocycles. The number of amides is 2. The number of hydrogen-bond donors (Lipinski definition) is 4. The second-order valence-corrected chi connectivity index (χ2v) is 9.25. The summed E-state index contributed by atoms with van der Waals surface area (Å²) >= 11 is 0. The number of hydrogen-bond acceptors (Lipinski definition) is 7. The molecule has 176 valence electrons. The van der Waals surface area contributed by atoms with Crippen LogP contribution in [-0.2, 0) is 6.42 Å². The first-order chi connectivity index (χ1) is 16.0. The van der Waals surface area contributed by atoms with E-state index < -0.39 is 5.69 Å². The number of rotatable bonds is 6. The van der Waals surface area contributed by atoms with E-state index in [0.29, 0.717) is 19.0 Å². The quantitative estimate of drug-likeness (QED) is 0.470. The third-order valence-corrected chi connectivity index (χ3v) is 7.24. The molecular formula is C23H32N8O2. The predicted molar refractivity (Wildman–Crippen MR) is 126 cm³/mol. The number of piperazine rings is 1. The molecule has 6 N–H and O–H groups in total. The van der Waals surface area contributed by atoms with Gasteiger partial charge in [-0.1, -0.05) is 12.1 Å². The van der Waals surface area contributed by atoms with E-state index in [-0.39, 0.29) is 18.0 Å². The molecule has 33 heavy (non-hydrogen) atoms. The van der Waals surface area contributed by atoms with Crippen molar-refractivity contribution >= 4 is 11.8 Å². The van der Waals surface area contributed by atoms with E-state index in [9.17, 15) is 9.59 Å². The first-order valence-corrected chi connectivity index (χ1v) is 11.7. The van der Waals surface area contributed by atoms with Crippen molar-refractivity contribution in [2.75, 3.05) is 51.1 Å². The van der Waals surface area contributed by atoms with E-state index in [4.69, 9.17) is 11.5 Å². The van der Waals surface area contributed by atoms with Crippen LogP contribution in [0.15, 0.2) is 41.3 Å². The SMILES string of the molecule is NCC1C2CN([C@@H](N)Cc3ccc(-n4ccc(NC(=O)N5CCNCC5)nc4=O)cc3)C[C@H]12. The Kier molecular flexibility index (Phi) is 6.15. The minimum Gasteiger partial charge on any atom is -0.330 e. The average Bonchev–Trinajstić information content (AvgIpc) is 3.30. The number of carbonyl (C=O) groups excluding carboxylic acids is 1. The second kappa shape index (κ2) is 9.22. The molecule has 5 rings (SSSR count). The summed E-state index contributed by atoms with van der Waals surface area (Å²) in [5.41, 5.74) is 13.7. The van der Waals surface area contributed by atoms with Crippen LogP contribution < -0.4 is 27.8 Å². The molecule has 3 heterocycles. The molecule has 3 fully saturated rings. The number of aromatic nitrogens is 2. The molecule has 0 spiro atoms. The number of urea groups is 1. The number of anilines is 1. The summed E-state index contributed by atoms with van der Waals surface area (Å²) < 4.78 is 1.46. The summed E-state index contributed by atoms with van der Waals surface area (Å²) in [6, 6.07) is 9.20. The summed E-state index contributed by atoms with van der Waals surface area (Å²) in [6.07, 6.45) is 2.38. The first kappa shape index (κ1) is 22.0. The van der Waals surface area contributed by atoms with Crippen LogP contribution in [0.2, 0.25) is 0 Å². The normalized spacial score (nSPS) is 25.5. The zero-order valence-electron chi connectivity index (χ0n) is 18.7. The molecule has 3 aliphatic rings. The lowest BCUT2D eigenvalue weighted by atomic mass is 10.1. The zero-order valence-corrected chi connectivity index (χ0v) is 18.7. The van der Waals surface area contributed by atoms with Gasteiger partial charge < -0.3 is 21.7 Å². The molecule has 4 atom stereocenters. The Hall–Kier alpha value is -2.79. The molecule has 1 saturated carbocycles. The van der Waals surface area contributed by atoms with Gasteiger partial charge in [0.05, 0.1) is 11.9 Å². The highest BCUT2D eigenvalue weighted by Gasteiger charge is 2.55. The largest absolute Gasteiger partial charge is 0.354 e. The minimum atomic E-state index is -0.441. The Morgan fingerprint density at radius 3 is 2.48 bits per heavy atom. The van der Waals surface area contributed by atoms with Crippen LogP contribution >= 0.6 is 0 Å². The van der Waals surface area contributed by atoms with Gasteiger partial charge in [-0.2, -0.15) is 4.98 Å². The third-order valence-electron chi connectivity index (χ3n) is 7.24. The highest BCUT2D eigenvalue weighted by Crippen LogP contribution is 2.51. The smallest absolute Gasteiger partial charge is 0.330 e. The Morgan fingerprint density at radius 2 is 1.85 bits per heavy atom. The highest BCUT2D eigenvalue weighted by atomic mass is 16.2. The van der Waals surface area contributed by atoms with Crippen molar-refractivity contribution in [1.29, 1.82) is 0 Å². The number of benzene rings is 1. The summed E-state index contributed by atoms with van der Waals surface area (Å²) in [6.45, 7) is 5.67. The lowest BCUT2D eigenvalue weighted by Crippen LogP contribution is -2.48. The Morgan fingerprint density at radius 1 is 1.15 bits per heavy atom. The van der Waals surface area contributed by atoms with E-state index in [0.717, 1.165) is 62.2 Å². The fourth-order valence-corrected chi connectivity index (χ4v) is 5.19. The van der Waals surface area contributed by atoms with Crippen molar-refractivity contribution in [3.05, 3.63) is 52.6 Å². The number of nitrogens with two attached hydrogens (primary N) is 2. The van der Waals surface area contributed by atoms with Gasteiger partial charge in [0.1, 0.15) is 5.82 Å². The number of likely N-dealkylation sites (tertiary alicyclic amines) is 1. The van der Waals surface area contributed by atoms with Crippen molar-refractivity contribution < 1.29 is 4.79 Å². The van der Waals surface area contributed by atoms with E-state index in [2.05, 4.69) is 20.5 Å². The molecule has 10 heteroatoms. The third kappa shape index (κ3) is 4.65. The first-order valence-electron chi connectivity index (χ1n) is 11.7. The molecule has 2 unspecified atom stereocenters. The molecule has 1 aliphatic carbocycles. The highest BCUT2D eigenvalue weighted by molar-refractivity contribution is 5.88. The van der Waals surface area contributed by atoms with Gasteiger partial charge in [0.2, 0.25) is 0 Å². The standard InChI is InChI=1S/C23H32N8O2/c24-12-17-18-13-30(14-19(17)18)20(25)11-15-1-3-16(4-2-15)31-8-5-21(28-23(31)33)27-22(32)29-9-6-26-7-10-29/h1-5,8,17-20,26H,6-7,9-14,24-25H2,(H,27,28,32,33)/t17?,18-,19?,20-/m1/s1. The van der Waals surface area contributed by atoms with E-state index in [1.165, 1.54) is 4.57 Å². The van der Waals surface area contributed by atoms with Gasteiger partial charge >= 0.3 is 11.7 Å². The maximum Gasteiger partial charge on any atom is 0.354 e. The van der Waals surface area contributed by atoms with Crippen LogP contribution in [0, 0.1) is 17.8 Å². The minimum absolute atomic E-state index is 0.00922. The van der Waals surface area contributed by atoms with E-state index >= 15 is 0 Å². The monoisotopic (exact) mass is 452 g/mol. The van der Waals surface area contributed by atoms with Gasteiger partial charge in [-0.05, 0) is 48.1 Å². The fraction of sp³-hybridized carbons (Fsp3) is 0.522. The maximum absolute atomic E-state index is 12.6. The molecule has 2 aromatic rings. The summed E-state index contributed by atoms with van der Waals surface area (Å²) in [5.74, 6) is 2.41. The molecule has 2 saturated heterocycles. The van der Waals surface area contributed by atoms with E-state index in [1.54, 1.807) is 17.2 Å². The van der Waals surface area contributed by atoms with Gasteiger partial charge in [0.15, 0.2) is 0 Å².